The van der Waals surface area contributed by atoms with Crippen molar-refractivity contribution in [1.29, 1.82) is 0 Å². The number of hydrogen-bond donors (Lipinski definition) is 1. The number of aromatic nitrogens is 2. The third-order valence-corrected chi connectivity index (χ3v) is 6.93. The molecule has 0 atom stereocenters. The van der Waals surface area contributed by atoms with Crippen LogP contribution >= 0.6 is 0 Å². The summed E-state index contributed by atoms with van der Waals surface area (Å²) in [6.07, 6.45) is 8.16. The molecular weight excluding hydrogens is 432 g/mol. The number of nitrogens with one attached hydrogen (secondary N) is 1. The molecule has 1 saturated heterocycles. The zero-order valence-electron chi connectivity index (χ0n) is 20.1. The summed E-state index contributed by atoms with van der Waals surface area (Å²) in [5.74, 6) is 0.734. The summed E-state index contributed by atoms with van der Waals surface area (Å²) in [5.41, 5.74) is 4.60. The first-order chi connectivity index (χ1) is 17.3. The Morgan fingerprint density at radius 2 is 1.77 bits per heavy atom. The Kier molecular flexibility index (Phi) is 7.44. The van der Waals surface area contributed by atoms with Crippen molar-refractivity contribution in [2.45, 2.75) is 25.7 Å². The van der Waals surface area contributed by atoms with Gasteiger partial charge >= 0.3 is 0 Å². The number of likely N-dealkylation sites (tertiary alicyclic amines) is 1. The first-order valence-corrected chi connectivity index (χ1v) is 12.6. The van der Waals surface area contributed by atoms with Crippen LogP contribution in [0.3, 0.4) is 0 Å². The summed E-state index contributed by atoms with van der Waals surface area (Å²) in [6.45, 7) is 3.99. The molecule has 1 aliphatic heterocycles. The lowest BCUT2D eigenvalue weighted by atomic mass is 9.90. The topological polar surface area (TPSA) is 58.1 Å². The highest BCUT2D eigenvalue weighted by atomic mass is 16.1. The molecule has 35 heavy (non-hydrogen) atoms. The fraction of sp³-hybridized carbons (Fsp3) is 0.300. The van der Waals surface area contributed by atoms with Gasteiger partial charge in [0.25, 0.3) is 5.91 Å². The maximum absolute atomic E-state index is 13.1. The summed E-state index contributed by atoms with van der Waals surface area (Å²) < 4.78 is 0. The number of amides is 1. The fourth-order valence-electron chi connectivity index (χ4n) is 4.99. The molecule has 5 heteroatoms. The Hall–Kier alpha value is -3.57. The third-order valence-electron chi connectivity index (χ3n) is 6.93. The van der Waals surface area contributed by atoms with Crippen LogP contribution < -0.4 is 5.32 Å². The number of piperidine rings is 1. The molecule has 2 aromatic carbocycles. The fourth-order valence-corrected chi connectivity index (χ4v) is 4.99. The number of carbonyl (C=O) groups excluding carboxylic acids is 1. The summed E-state index contributed by atoms with van der Waals surface area (Å²) in [4.78, 5) is 24.6. The van der Waals surface area contributed by atoms with E-state index < -0.39 is 0 Å². The smallest absolute Gasteiger partial charge is 0.252 e. The lowest BCUT2D eigenvalue weighted by Gasteiger charge is -2.32. The second kappa shape index (κ2) is 11.2. The molecule has 5 rings (SSSR count). The Balaban J connectivity index is 1.14. The molecule has 3 heterocycles. The lowest BCUT2D eigenvalue weighted by molar-refractivity contribution is 0.0952. The van der Waals surface area contributed by atoms with Crippen LogP contribution in [0.1, 0.15) is 35.2 Å². The second-order valence-corrected chi connectivity index (χ2v) is 9.40. The molecule has 0 radical (unpaired) electrons. The monoisotopic (exact) mass is 464 g/mol. The van der Waals surface area contributed by atoms with Gasteiger partial charge in [0.05, 0.1) is 16.8 Å². The van der Waals surface area contributed by atoms with Crippen LogP contribution in [-0.4, -0.2) is 47.0 Å². The van der Waals surface area contributed by atoms with E-state index in [1.54, 1.807) is 12.4 Å². The third kappa shape index (κ3) is 5.92. The molecule has 1 amide bonds. The van der Waals surface area contributed by atoms with Gasteiger partial charge in [-0.25, -0.2) is 4.98 Å². The van der Waals surface area contributed by atoms with Gasteiger partial charge in [-0.15, -0.1) is 0 Å². The maximum atomic E-state index is 13.1. The van der Waals surface area contributed by atoms with E-state index in [4.69, 9.17) is 4.98 Å². The number of hydrogen-bond acceptors (Lipinski definition) is 4. The molecule has 0 aliphatic carbocycles. The molecule has 1 aliphatic rings. The second-order valence-electron chi connectivity index (χ2n) is 9.40. The van der Waals surface area contributed by atoms with E-state index in [1.807, 2.05) is 42.5 Å². The Morgan fingerprint density at radius 3 is 2.57 bits per heavy atom. The van der Waals surface area contributed by atoms with E-state index in [1.165, 1.54) is 24.8 Å². The van der Waals surface area contributed by atoms with Crippen molar-refractivity contribution >= 4 is 16.8 Å². The standard InChI is InChI=1S/C30H32N4O/c35-30(27-21-29(25-10-6-15-31-22-25)33-28-12-5-4-11-26(27)28)32-16-7-17-34-18-13-24(14-19-34)20-23-8-2-1-3-9-23/h1-6,8-12,15,21-22,24H,7,13-14,16-20H2,(H,32,35). The normalized spacial score (nSPS) is 14.7. The van der Waals surface area contributed by atoms with Crippen molar-refractivity contribution in [3.05, 3.63) is 96.3 Å². The van der Waals surface area contributed by atoms with E-state index in [0.717, 1.165) is 54.1 Å². The Bertz CT molecular complexity index is 1250. The molecular formula is C30H32N4O. The maximum Gasteiger partial charge on any atom is 0.252 e. The van der Waals surface area contributed by atoms with Crippen LogP contribution in [0.4, 0.5) is 0 Å². The van der Waals surface area contributed by atoms with Crippen LogP contribution in [0.2, 0.25) is 0 Å². The van der Waals surface area contributed by atoms with Crippen molar-refractivity contribution in [1.82, 2.24) is 20.2 Å². The van der Waals surface area contributed by atoms with E-state index in [0.29, 0.717) is 12.1 Å². The largest absolute Gasteiger partial charge is 0.352 e. The SMILES string of the molecule is O=C(NCCCN1CCC(Cc2ccccc2)CC1)c1cc(-c2cccnc2)nc2ccccc12. The quantitative estimate of drug-likeness (QED) is 0.356. The molecule has 4 aromatic rings. The molecule has 0 saturated carbocycles. The van der Waals surface area contributed by atoms with E-state index in [2.05, 4.69) is 45.5 Å². The molecule has 178 valence electrons. The minimum atomic E-state index is -0.0460. The minimum absolute atomic E-state index is 0.0460. The molecule has 5 nitrogen and oxygen atoms in total. The van der Waals surface area contributed by atoms with Crippen LogP contribution in [-0.2, 0) is 6.42 Å². The summed E-state index contributed by atoms with van der Waals surface area (Å²) >= 11 is 0. The van der Waals surface area contributed by atoms with Crippen molar-refractivity contribution in [3.63, 3.8) is 0 Å². The van der Waals surface area contributed by atoms with Crippen LogP contribution in [0.25, 0.3) is 22.2 Å². The van der Waals surface area contributed by atoms with Gasteiger partial charge in [-0.3, -0.25) is 9.78 Å². The van der Waals surface area contributed by atoms with Gasteiger partial charge in [0.2, 0.25) is 0 Å². The summed E-state index contributed by atoms with van der Waals surface area (Å²) in [7, 11) is 0. The van der Waals surface area contributed by atoms with Gasteiger partial charge in [0.1, 0.15) is 0 Å². The Labute approximate surface area is 207 Å². The zero-order chi connectivity index (χ0) is 23.9. The summed E-state index contributed by atoms with van der Waals surface area (Å²) in [5, 5.41) is 4.02. The lowest BCUT2D eigenvalue weighted by Crippen LogP contribution is -2.36. The van der Waals surface area contributed by atoms with Gasteiger partial charge in [-0.1, -0.05) is 48.5 Å². The van der Waals surface area contributed by atoms with Gasteiger partial charge in [0.15, 0.2) is 0 Å². The molecule has 0 unspecified atom stereocenters. The average Bonchev–Trinajstić information content (AvgIpc) is 2.92. The number of carbonyl (C=O) groups is 1. The van der Waals surface area contributed by atoms with E-state index in [9.17, 15) is 4.79 Å². The number of fused-ring (bicyclic) bond motifs is 1. The van der Waals surface area contributed by atoms with Gasteiger partial charge in [-0.05, 0) is 81.1 Å². The number of pyridine rings is 2. The van der Waals surface area contributed by atoms with Crippen LogP contribution in [0.5, 0.6) is 0 Å². The predicted molar refractivity (Wildman–Crippen MR) is 141 cm³/mol. The summed E-state index contributed by atoms with van der Waals surface area (Å²) in [6, 6.07) is 24.4. The first-order valence-electron chi connectivity index (χ1n) is 12.6. The van der Waals surface area contributed by atoms with Gasteiger partial charge in [-0.2, -0.15) is 0 Å². The molecule has 1 N–H and O–H groups in total. The molecule has 1 fully saturated rings. The highest BCUT2D eigenvalue weighted by Gasteiger charge is 2.19. The Morgan fingerprint density at radius 1 is 0.971 bits per heavy atom. The van der Waals surface area contributed by atoms with Crippen molar-refractivity contribution < 1.29 is 4.79 Å². The molecule has 0 spiro atoms. The molecule has 2 aromatic heterocycles. The van der Waals surface area contributed by atoms with Crippen molar-refractivity contribution in [2.24, 2.45) is 5.92 Å². The first kappa shape index (κ1) is 23.2. The van der Waals surface area contributed by atoms with Gasteiger partial charge < -0.3 is 10.2 Å². The minimum Gasteiger partial charge on any atom is -0.352 e. The highest BCUT2D eigenvalue weighted by molar-refractivity contribution is 6.07. The average molecular weight is 465 g/mol. The molecule has 0 bridgehead atoms. The number of rotatable bonds is 8. The highest BCUT2D eigenvalue weighted by Crippen LogP contribution is 2.25. The van der Waals surface area contributed by atoms with E-state index >= 15 is 0 Å². The zero-order valence-corrected chi connectivity index (χ0v) is 20.1. The van der Waals surface area contributed by atoms with E-state index in [-0.39, 0.29) is 5.91 Å². The van der Waals surface area contributed by atoms with Crippen molar-refractivity contribution in [3.8, 4) is 11.3 Å². The van der Waals surface area contributed by atoms with Crippen LogP contribution in [0, 0.1) is 5.92 Å². The van der Waals surface area contributed by atoms with Crippen molar-refractivity contribution in [2.75, 3.05) is 26.2 Å². The number of para-hydroxylation sites is 1. The van der Waals surface area contributed by atoms with Crippen LogP contribution in [0.15, 0.2) is 85.2 Å². The van der Waals surface area contributed by atoms with Gasteiger partial charge in [0, 0.05) is 29.9 Å². The number of benzene rings is 2. The number of nitrogens with zero attached hydrogens (tertiary/aromatic N) is 3. The predicted octanol–water partition coefficient (Wildman–Crippen LogP) is 5.37.